The van der Waals surface area contributed by atoms with Crippen molar-refractivity contribution in [2.45, 2.75) is 19.3 Å². The smallest absolute Gasteiger partial charge is 0.255 e. The number of nitrogens with one attached hydrogen (secondary N) is 2. The SMILES string of the molecule is CN(NS(=O)(=O)CC(=O)NN1CCCCC1=S)C(=S)c1ccccc1. The Morgan fingerprint density at radius 2 is 1.96 bits per heavy atom. The Kier molecular flexibility index (Phi) is 6.82. The highest BCUT2D eigenvalue weighted by Gasteiger charge is 2.23. The highest BCUT2D eigenvalue weighted by Crippen LogP contribution is 2.09. The zero-order valence-corrected chi connectivity index (χ0v) is 16.2. The number of hydrogen-bond acceptors (Lipinski definition) is 5. The Bertz CT molecular complexity index is 753. The van der Waals surface area contributed by atoms with Gasteiger partial charge in [0.05, 0.1) is 4.99 Å². The van der Waals surface area contributed by atoms with Gasteiger partial charge in [-0.3, -0.25) is 20.2 Å². The Morgan fingerprint density at radius 3 is 2.60 bits per heavy atom. The molecule has 0 spiro atoms. The zero-order chi connectivity index (χ0) is 18.4. The van der Waals surface area contributed by atoms with Gasteiger partial charge in [-0.25, -0.2) is 8.42 Å². The molecule has 0 atom stereocenters. The van der Waals surface area contributed by atoms with Gasteiger partial charge in [0.15, 0.2) is 0 Å². The lowest BCUT2D eigenvalue weighted by Crippen LogP contribution is -2.51. The van der Waals surface area contributed by atoms with Gasteiger partial charge in [-0.1, -0.05) is 54.8 Å². The van der Waals surface area contributed by atoms with Crippen molar-refractivity contribution in [3.63, 3.8) is 0 Å². The number of hydrazine groups is 2. The van der Waals surface area contributed by atoms with E-state index < -0.39 is 21.7 Å². The van der Waals surface area contributed by atoms with Crippen LogP contribution in [0.3, 0.4) is 0 Å². The lowest BCUT2D eigenvalue weighted by atomic mass is 10.2. The van der Waals surface area contributed by atoms with Crippen LogP contribution in [0.25, 0.3) is 0 Å². The molecule has 10 heteroatoms. The van der Waals surface area contributed by atoms with Crippen LogP contribution in [0.5, 0.6) is 0 Å². The highest BCUT2D eigenvalue weighted by molar-refractivity contribution is 7.90. The van der Waals surface area contributed by atoms with E-state index in [1.807, 2.05) is 6.07 Å². The Balaban J connectivity index is 1.91. The molecule has 1 saturated heterocycles. The van der Waals surface area contributed by atoms with Crippen LogP contribution in [0.15, 0.2) is 30.3 Å². The van der Waals surface area contributed by atoms with Crippen LogP contribution in [0.1, 0.15) is 24.8 Å². The Hall–Kier alpha value is -1.62. The molecule has 1 aliphatic rings. The molecule has 1 aliphatic heterocycles. The number of rotatable bonds is 6. The molecule has 2 rings (SSSR count). The van der Waals surface area contributed by atoms with Crippen molar-refractivity contribution in [1.29, 1.82) is 0 Å². The van der Waals surface area contributed by atoms with Gasteiger partial charge in [0.2, 0.25) is 10.0 Å². The van der Waals surface area contributed by atoms with E-state index in [0.29, 0.717) is 28.5 Å². The molecule has 1 aromatic rings. The molecule has 0 bridgehead atoms. The van der Waals surface area contributed by atoms with Crippen LogP contribution in [-0.4, -0.2) is 53.7 Å². The molecule has 0 unspecified atom stereocenters. The first-order valence-corrected chi connectivity index (χ1v) is 10.2. The second-order valence-electron chi connectivity index (χ2n) is 5.62. The summed E-state index contributed by atoms with van der Waals surface area (Å²) in [6, 6.07) is 9.00. The second kappa shape index (κ2) is 8.65. The number of benzene rings is 1. The summed E-state index contributed by atoms with van der Waals surface area (Å²) in [5, 5.41) is 2.74. The topological polar surface area (TPSA) is 81.8 Å². The summed E-state index contributed by atoms with van der Waals surface area (Å²) in [4.78, 5) is 15.2. The molecule has 25 heavy (non-hydrogen) atoms. The molecule has 1 aromatic carbocycles. The van der Waals surface area contributed by atoms with E-state index >= 15 is 0 Å². The standard InChI is InChI=1S/C15H20N4O3S3/c1-18(15(24)12-7-3-2-4-8-12)17-25(21,22)11-13(20)16-19-10-6-5-9-14(19)23/h2-4,7-8,17H,5-6,9-11H2,1H3,(H,16,20). The van der Waals surface area contributed by atoms with E-state index in [4.69, 9.17) is 24.4 Å². The van der Waals surface area contributed by atoms with Crippen LogP contribution in [-0.2, 0) is 14.8 Å². The predicted octanol–water partition coefficient (Wildman–Crippen LogP) is 0.973. The summed E-state index contributed by atoms with van der Waals surface area (Å²) in [6.45, 7) is 0.593. The van der Waals surface area contributed by atoms with Crippen LogP contribution >= 0.6 is 24.4 Å². The van der Waals surface area contributed by atoms with Crippen molar-refractivity contribution in [3.05, 3.63) is 35.9 Å². The van der Waals surface area contributed by atoms with Gasteiger partial charge in [0, 0.05) is 19.2 Å². The van der Waals surface area contributed by atoms with Gasteiger partial charge in [-0.05, 0) is 19.3 Å². The normalized spacial score (nSPS) is 14.9. The second-order valence-corrected chi connectivity index (χ2v) is 8.18. The lowest BCUT2D eigenvalue weighted by molar-refractivity contribution is -0.121. The van der Waals surface area contributed by atoms with E-state index in [2.05, 4.69) is 10.3 Å². The van der Waals surface area contributed by atoms with Gasteiger partial charge in [-0.15, -0.1) is 4.83 Å². The molecular weight excluding hydrogens is 380 g/mol. The molecule has 136 valence electrons. The van der Waals surface area contributed by atoms with Crippen LogP contribution in [0.2, 0.25) is 0 Å². The summed E-state index contributed by atoms with van der Waals surface area (Å²) in [5.74, 6) is -1.36. The molecule has 0 aliphatic carbocycles. The molecule has 0 radical (unpaired) electrons. The summed E-state index contributed by atoms with van der Waals surface area (Å²) >= 11 is 10.4. The predicted molar refractivity (Wildman–Crippen MR) is 104 cm³/mol. The third kappa shape index (κ3) is 5.99. The minimum absolute atomic E-state index is 0.307. The molecule has 1 amide bonds. The summed E-state index contributed by atoms with van der Waals surface area (Å²) in [5.41, 5.74) is 3.24. The molecule has 2 N–H and O–H groups in total. The number of hydrogen-bond donors (Lipinski definition) is 2. The van der Waals surface area contributed by atoms with Crippen molar-refractivity contribution in [2.75, 3.05) is 19.3 Å². The number of thiocarbonyl (C=S) groups is 2. The van der Waals surface area contributed by atoms with Gasteiger partial charge < -0.3 is 0 Å². The fourth-order valence-electron chi connectivity index (χ4n) is 2.34. The molecule has 0 aromatic heterocycles. The van der Waals surface area contributed by atoms with E-state index in [1.165, 1.54) is 17.1 Å². The Morgan fingerprint density at radius 1 is 1.28 bits per heavy atom. The van der Waals surface area contributed by atoms with E-state index in [-0.39, 0.29) is 0 Å². The van der Waals surface area contributed by atoms with Gasteiger partial charge >= 0.3 is 0 Å². The summed E-state index contributed by atoms with van der Waals surface area (Å²) < 4.78 is 24.4. The van der Waals surface area contributed by atoms with Crippen molar-refractivity contribution < 1.29 is 13.2 Å². The number of amides is 1. The highest BCUT2D eigenvalue weighted by atomic mass is 32.2. The molecule has 7 nitrogen and oxygen atoms in total. The first-order chi connectivity index (χ1) is 11.8. The number of piperidine rings is 1. The number of carbonyl (C=O) groups is 1. The maximum Gasteiger partial charge on any atom is 0.255 e. The minimum Gasteiger partial charge on any atom is -0.287 e. The maximum atomic E-state index is 12.2. The van der Waals surface area contributed by atoms with Crippen LogP contribution < -0.4 is 10.3 Å². The lowest BCUT2D eigenvalue weighted by Gasteiger charge is -2.29. The third-order valence-corrected chi connectivity index (χ3v) is 5.63. The quantitative estimate of drug-likeness (QED) is 0.544. The summed E-state index contributed by atoms with van der Waals surface area (Å²) in [6.07, 6.45) is 2.60. The van der Waals surface area contributed by atoms with E-state index in [9.17, 15) is 13.2 Å². The number of nitrogens with zero attached hydrogens (tertiary/aromatic N) is 2. The monoisotopic (exact) mass is 400 g/mol. The zero-order valence-electron chi connectivity index (χ0n) is 13.8. The molecule has 1 heterocycles. The average Bonchev–Trinajstić information content (AvgIpc) is 2.56. The van der Waals surface area contributed by atoms with Crippen molar-refractivity contribution in [3.8, 4) is 0 Å². The van der Waals surface area contributed by atoms with Gasteiger partial charge in [-0.2, -0.15) is 0 Å². The van der Waals surface area contributed by atoms with Crippen LogP contribution in [0.4, 0.5) is 0 Å². The largest absolute Gasteiger partial charge is 0.287 e. The molecular formula is C15H20N4O3S3. The summed E-state index contributed by atoms with van der Waals surface area (Å²) in [7, 11) is -2.40. The molecule has 0 saturated carbocycles. The van der Waals surface area contributed by atoms with Crippen molar-refractivity contribution in [2.24, 2.45) is 0 Å². The van der Waals surface area contributed by atoms with Gasteiger partial charge in [0.1, 0.15) is 10.7 Å². The van der Waals surface area contributed by atoms with Crippen LogP contribution in [0, 0.1) is 0 Å². The maximum absolute atomic E-state index is 12.2. The fraction of sp³-hybridized carbons (Fsp3) is 0.400. The average molecular weight is 401 g/mol. The molecule has 1 fully saturated rings. The van der Waals surface area contributed by atoms with Crippen molar-refractivity contribution in [1.82, 2.24) is 20.3 Å². The first-order valence-electron chi connectivity index (χ1n) is 7.71. The first kappa shape index (κ1) is 19.7. The number of carbonyl (C=O) groups excluding carboxylic acids is 1. The fourth-order valence-corrected chi connectivity index (χ4v) is 3.84. The van der Waals surface area contributed by atoms with Gasteiger partial charge in [0.25, 0.3) is 5.91 Å². The Labute approximate surface area is 158 Å². The van der Waals surface area contributed by atoms with Crippen molar-refractivity contribution >= 4 is 50.3 Å². The number of sulfonamides is 1. The van der Waals surface area contributed by atoms with E-state index in [1.54, 1.807) is 24.3 Å². The van der Waals surface area contributed by atoms with E-state index in [0.717, 1.165) is 12.8 Å². The third-order valence-electron chi connectivity index (χ3n) is 3.51. The minimum atomic E-state index is -3.89.